The van der Waals surface area contributed by atoms with Crippen LogP contribution in [0.1, 0.15) is 15.9 Å². The summed E-state index contributed by atoms with van der Waals surface area (Å²) in [4.78, 5) is 29.3. The van der Waals surface area contributed by atoms with Crippen LogP contribution in [0.4, 0.5) is 0 Å². The number of carbonyl (C=O) groups is 2. The van der Waals surface area contributed by atoms with Crippen molar-refractivity contribution >= 4 is 22.8 Å². The molecule has 0 bridgehead atoms. The third kappa shape index (κ3) is 4.23. The van der Waals surface area contributed by atoms with Crippen LogP contribution in [0.2, 0.25) is 0 Å². The smallest absolute Gasteiger partial charge is 0.328 e. The molecule has 27 heavy (non-hydrogen) atoms. The van der Waals surface area contributed by atoms with Crippen molar-refractivity contribution in [3.8, 4) is 5.75 Å². The van der Waals surface area contributed by atoms with Crippen molar-refractivity contribution in [1.82, 2.24) is 10.3 Å². The van der Waals surface area contributed by atoms with E-state index in [2.05, 4.69) is 10.3 Å². The number of hydrogen-bond donors (Lipinski definition) is 1. The number of benzene rings is 2. The molecule has 1 heterocycles. The van der Waals surface area contributed by atoms with Crippen LogP contribution in [-0.2, 0) is 16.0 Å². The van der Waals surface area contributed by atoms with E-state index in [0.717, 1.165) is 10.9 Å². The molecule has 0 radical (unpaired) electrons. The van der Waals surface area contributed by atoms with Gasteiger partial charge in [0.2, 0.25) is 0 Å². The van der Waals surface area contributed by atoms with Crippen LogP contribution in [0.25, 0.3) is 10.9 Å². The number of carbonyl (C=O) groups excluding carboxylic acids is 2. The average molecular weight is 364 g/mol. The molecule has 0 spiro atoms. The van der Waals surface area contributed by atoms with Gasteiger partial charge in [-0.05, 0) is 29.8 Å². The molecule has 6 heteroatoms. The predicted octanol–water partition coefficient (Wildman–Crippen LogP) is 2.76. The number of nitrogens with one attached hydrogen (secondary N) is 1. The van der Waals surface area contributed by atoms with Crippen molar-refractivity contribution in [2.24, 2.45) is 0 Å². The highest BCUT2D eigenvalue weighted by atomic mass is 16.5. The maximum Gasteiger partial charge on any atom is 0.328 e. The van der Waals surface area contributed by atoms with Crippen LogP contribution in [0, 0.1) is 0 Å². The molecule has 1 N–H and O–H groups in total. The molecule has 138 valence electrons. The summed E-state index contributed by atoms with van der Waals surface area (Å²) < 4.78 is 10.1. The molecule has 1 aromatic heterocycles. The number of fused-ring (bicyclic) bond motifs is 1. The fraction of sp³-hybridized carbons (Fsp3) is 0.190. The first-order chi connectivity index (χ1) is 13.1. The lowest BCUT2D eigenvalue weighted by Gasteiger charge is -2.17. The normalized spacial score (nSPS) is 11.6. The molecule has 0 aliphatic carbocycles. The van der Waals surface area contributed by atoms with Gasteiger partial charge in [-0.2, -0.15) is 0 Å². The fourth-order valence-corrected chi connectivity index (χ4v) is 2.90. The van der Waals surface area contributed by atoms with Gasteiger partial charge in [-0.15, -0.1) is 0 Å². The van der Waals surface area contributed by atoms with E-state index in [1.54, 1.807) is 19.4 Å². The second-order valence-corrected chi connectivity index (χ2v) is 5.98. The summed E-state index contributed by atoms with van der Waals surface area (Å²) in [5.41, 5.74) is 2.03. The lowest BCUT2D eigenvalue weighted by atomic mass is 10.0. The van der Waals surface area contributed by atoms with E-state index in [1.165, 1.54) is 7.11 Å². The minimum Gasteiger partial charge on any atom is -0.497 e. The maximum atomic E-state index is 12.8. The number of aromatic nitrogens is 1. The zero-order chi connectivity index (χ0) is 19.2. The number of para-hydroxylation sites is 1. The molecule has 0 saturated carbocycles. The Morgan fingerprint density at radius 3 is 2.67 bits per heavy atom. The summed E-state index contributed by atoms with van der Waals surface area (Å²) >= 11 is 0. The largest absolute Gasteiger partial charge is 0.497 e. The zero-order valence-electron chi connectivity index (χ0n) is 15.1. The molecule has 6 nitrogen and oxygen atoms in total. The van der Waals surface area contributed by atoms with Gasteiger partial charge in [0.05, 0.1) is 25.3 Å². The Morgan fingerprint density at radius 1 is 1.07 bits per heavy atom. The van der Waals surface area contributed by atoms with Gasteiger partial charge < -0.3 is 14.8 Å². The molecule has 1 atom stereocenters. The van der Waals surface area contributed by atoms with Gasteiger partial charge in [0.15, 0.2) is 0 Å². The highest BCUT2D eigenvalue weighted by Crippen LogP contribution is 2.18. The standard InChI is InChI=1S/C21H20N2O4/c1-26-15-7-5-6-14(12-15)13-19(21(25)27-2)23-20(24)17-10-11-22-18-9-4-3-8-16(17)18/h3-12,19H,13H2,1-2H3,(H,23,24)/t19-/m0/s1. The Balaban J connectivity index is 1.85. The monoisotopic (exact) mass is 364 g/mol. The topological polar surface area (TPSA) is 77.5 Å². The molecule has 0 saturated heterocycles. The molecule has 2 aromatic carbocycles. The van der Waals surface area contributed by atoms with Crippen LogP contribution in [0.3, 0.4) is 0 Å². The van der Waals surface area contributed by atoms with E-state index in [-0.39, 0.29) is 5.91 Å². The van der Waals surface area contributed by atoms with Crippen LogP contribution in [0.5, 0.6) is 5.75 Å². The Bertz CT molecular complexity index is 966. The summed E-state index contributed by atoms with van der Waals surface area (Å²) in [5, 5.41) is 3.50. The first kappa shape index (κ1) is 18.4. The first-order valence-corrected chi connectivity index (χ1v) is 8.47. The Labute approximate surface area is 157 Å². The van der Waals surface area contributed by atoms with Gasteiger partial charge in [-0.3, -0.25) is 9.78 Å². The number of nitrogens with zero attached hydrogens (tertiary/aromatic N) is 1. The number of ether oxygens (including phenoxy) is 2. The van der Waals surface area contributed by atoms with E-state index in [0.29, 0.717) is 23.3 Å². The molecular weight excluding hydrogens is 344 g/mol. The SMILES string of the molecule is COC(=O)[C@H](Cc1cccc(OC)c1)NC(=O)c1ccnc2ccccc12. The highest BCUT2D eigenvalue weighted by molar-refractivity contribution is 6.07. The lowest BCUT2D eigenvalue weighted by Crippen LogP contribution is -2.43. The molecule has 0 unspecified atom stereocenters. The number of methoxy groups -OCH3 is 2. The van der Waals surface area contributed by atoms with E-state index < -0.39 is 12.0 Å². The van der Waals surface area contributed by atoms with Crippen LogP contribution in [0.15, 0.2) is 60.8 Å². The zero-order valence-corrected chi connectivity index (χ0v) is 15.1. The van der Waals surface area contributed by atoms with Gasteiger partial charge in [0, 0.05) is 18.0 Å². The molecule has 0 aliphatic rings. The minimum atomic E-state index is -0.818. The fourth-order valence-electron chi connectivity index (χ4n) is 2.90. The lowest BCUT2D eigenvalue weighted by molar-refractivity contribution is -0.142. The third-order valence-corrected chi connectivity index (χ3v) is 4.26. The van der Waals surface area contributed by atoms with E-state index in [4.69, 9.17) is 9.47 Å². The molecule has 1 amide bonds. The summed E-state index contributed by atoms with van der Waals surface area (Å²) in [7, 11) is 2.88. The van der Waals surface area contributed by atoms with Crippen molar-refractivity contribution in [2.75, 3.05) is 14.2 Å². The summed E-state index contributed by atoms with van der Waals surface area (Å²) in [6.07, 6.45) is 1.87. The van der Waals surface area contributed by atoms with E-state index >= 15 is 0 Å². The van der Waals surface area contributed by atoms with Crippen molar-refractivity contribution < 1.29 is 19.1 Å². The van der Waals surface area contributed by atoms with E-state index in [1.807, 2.05) is 48.5 Å². The second-order valence-electron chi connectivity index (χ2n) is 5.98. The molecule has 3 rings (SSSR count). The van der Waals surface area contributed by atoms with Gasteiger partial charge in [-0.25, -0.2) is 4.79 Å². The van der Waals surface area contributed by atoms with Crippen LogP contribution in [-0.4, -0.2) is 37.1 Å². The van der Waals surface area contributed by atoms with Crippen molar-refractivity contribution in [1.29, 1.82) is 0 Å². The maximum absolute atomic E-state index is 12.8. The number of pyridine rings is 1. The number of rotatable bonds is 6. The predicted molar refractivity (Wildman–Crippen MR) is 102 cm³/mol. The van der Waals surface area contributed by atoms with Crippen molar-refractivity contribution in [3.63, 3.8) is 0 Å². The number of amides is 1. The van der Waals surface area contributed by atoms with Gasteiger partial charge in [0.25, 0.3) is 5.91 Å². The quantitative estimate of drug-likeness (QED) is 0.681. The van der Waals surface area contributed by atoms with Crippen LogP contribution >= 0.6 is 0 Å². The Morgan fingerprint density at radius 2 is 1.89 bits per heavy atom. The summed E-state index contributed by atoms with van der Waals surface area (Å²) in [6, 6.07) is 15.5. The molecule has 3 aromatic rings. The molecule has 0 fully saturated rings. The van der Waals surface area contributed by atoms with Gasteiger partial charge in [0.1, 0.15) is 11.8 Å². The Kier molecular flexibility index (Phi) is 5.66. The third-order valence-electron chi connectivity index (χ3n) is 4.26. The first-order valence-electron chi connectivity index (χ1n) is 8.47. The summed E-state index contributed by atoms with van der Waals surface area (Å²) in [5.74, 6) is -0.181. The van der Waals surface area contributed by atoms with Gasteiger partial charge in [-0.1, -0.05) is 30.3 Å². The van der Waals surface area contributed by atoms with Gasteiger partial charge >= 0.3 is 5.97 Å². The Hall–Kier alpha value is -3.41. The number of hydrogen-bond acceptors (Lipinski definition) is 5. The summed E-state index contributed by atoms with van der Waals surface area (Å²) in [6.45, 7) is 0. The second kappa shape index (κ2) is 8.31. The van der Waals surface area contributed by atoms with Crippen molar-refractivity contribution in [3.05, 3.63) is 71.9 Å². The highest BCUT2D eigenvalue weighted by Gasteiger charge is 2.23. The average Bonchev–Trinajstić information content (AvgIpc) is 2.72. The van der Waals surface area contributed by atoms with E-state index in [9.17, 15) is 9.59 Å². The minimum absolute atomic E-state index is 0.290. The van der Waals surface area contributed by atoms with Crippen molar-refractivity contribution in [2.45, 2.75) is 12.5 Å². The van der Waals surface area contributed by atoms with Crippen LogP contribution < -0.4 is 10.1 Å². The molecule has 0 aliphatic heterocycles. The number of esters is 1. The molecular formula is C21H20N2O4.